The minimum atomic E-state index is 0.572. The zero-order valence-corrected chi connectivity index (χ0v) is 11.1. The van der Waals surface area contributed by atoms with E-state index < -0.39 is 0 Å². The van der Waals surface area contributed by atoms with Gasteiger partial charge in [0.2, 0.25) is 0 Å². The fraction of sp³-hybridized carbons (Fsp3) is 1.00. The minimum absolute atomic E-state index is 0.572. The maximum Gasteiger partial charge on any atom is 0.0482 e. The second-order valence-electron chi connectivity index (χ2n) is 4.83. The Morgan fingerprint density at radius 2 is 1.80 bits per heavy atom. The number of nitrogens with one attached hydrogen (secondary N) is 2. The van der Waals surface area contributed by atoms with Crippen LogP contribution < -0.4 is 10.6 Å². The molecule has 0 spiro atoms. The van der Waals surface area contributed by atoms with Crippen molar-refractivity contribution in [2.75, 3.05) is 32.8 Å². The Hall–Kier alpha value is -0.120. The Kier molecular flexibility index (Phi) is 9.06. The summed E-state index contributed by atoms with van der Waals surface area (Å²) < 4.78 is 0. The van der Waals surface area contributed by atoms with Crippen molar-refractivity contribution in [3.8, 4) is 0 Å². The third-order valence-electron chi connectivity index (χ3n) is 2.33. The van der Waals surface area contributed by atoms with Crippen molar-refractivity contribution in [3.05, 3.63) is 0 Å². The van der Waals surface area contributed by atoms with Gasteiger partial charge in [-0.15, -0.1) is 0 Å². The van der Waals surface area contributed by atoms with Crippen molar-refractivity contribution in [1.82, 2.24) is 15.5 Å². The molecule has 0 rings (SSSR count). The Morgan fingerprint density at radius 1 is 1.13 bits per heavy atom. The second kappa shape index (κ2) is 9.13. The molecule has 3 nitrogen and oxygen atoms in total. The highest BCUT2D eigenvalue weighted by Gasteiger charge is 2.02. The summed E-state index contributed by atoms with van der Waals surface area (Å²) in [4.78, 5) is 2.42. The zero-order valence-electron chi connectivity index (χ0n) is 11.1. The summed E-state index contributed by atoms with van der Waals surface area (Å²) in [6.07, 6.45) is 0. The van der Waals surface area contributed by atoms with Crippen LogP contribution in [0.15, 0.2) is 0 Å². The molecular formula is C12H29N3. The van der Waals surface area contributed by atoms with Crippen LogP contribution >= 0.6 is 0 Å². The monoisotopic (exact) mass is 215 g/mol. The van der Waals surface area contributed by atoms with Gasteiger partial charge in [-0.1, -0.05) is 20.8 Å². The molecule has 0 unspecified atom stereocenters. The molecule has 0 aromatic rings. The fourth-order valence-corrected chi connectivity index (χ4v) is 1.29. The van der Waals surface area contributed by atoms with Crippen molar-refractivity contribution in [2.45, 2.75) is 40.7 Å². The molecule has 0 bridgehead atoms. The molecule has 0 saturated carbocycles. The summed E-state index contributed by atoms with van der Waals surface area (Å²) in [6, 6.07) is 0.572. The van der Waals surface area contributed by atoms with Gasteiger partial charge in [-0.25, -0.2) is 0 Å². The van der Waals surface area contributed by atoms with Gasteiger partial charge in [0.15, 0.2) is 0 Å². The third kappa shape index (κ3) is 10.2. The third-order valence-corrected chi connectivity index (χ3v) is 2.33. The number of hydrogen-bond acceptors (Lipinski definition) is 3. The minimum Gasteiger partial charge on any atom is -0.315 e. The lowest BCUT2D eigenvalue weighted by Gasteiger charge is -2.22. The highest BCUT2D eigenvalue weighted by molar-refractivity contribution is 4.60. The van der Waals surface area contributed by atoms with Crippen molar-refractivity contribution in [3.63, 3.8) is 0 Å². The average Bonchev–Trinajstić information content (AvgIpc) is 2.16. The van der Waals surface area contributed by atoms with Crippen molar-refractivity contribution >= 4 is 0 Å². The lowest BCUT2D eigenvalue weighted by Crippen LogP contribution is -2.41. The highest BCUT2D eigenvalue weighted by atomic mass is 15.2. The van der Waals surface area contributed by atoms with Crippen LogP contribution in [0.5, 0.6) is 0 Å². The maximum absolute atomic E-state index is 3.47. The molecule has 0 amide bonds. The molecule has 3 heteroatoms. The van der Waals surface area contributed by atoms with Gasteiger partial charge < -0.3 is 10.6 Å². The first kappa shape index (κ1) is 14.9. The van der Waals surface area contributed by atoms with E-state index in [9.17, 15) is 0 Å². The Morgan fingerprint density at radius 3 is 2.27 bits per heavy atom. The molecule has 0 fully saturated rings. The Balaban J connectivity index is 3.44. The first-order chi connectivity index (χ1) is 7.06. The Bertz CT molecular complexity index is 135. The van der Waals surface area contributed by atoms with Crippen molar-refractivity contribution in [2.24, 2.45) is 5.92 Å². The summed E-state index contributed by atoms with van der Waals surface area (Å²) in [6.45, 7) is 16.5. The van der Waals surface area contributed by atoms with Crippen LogP contribution in [0.25, 0.3) is 0 Å². The van der Waals surface area contributed by atoms with Crippen LogP contribution in [0.2, 0.25) is 0 Å². The van der Waals surface area contributed by atoms with E-state index in [0.29, 0.717) is 6.04 Å². The molecule has 0 aromatic heterocycles. The molecule has 0 saturated heterocycles. The normalized spacial score (nSPS) is 12.0. The van der Waals surface area contributed by atoms with E-state index in [1.807, 2.05) is 0 Å². The van der Waals surface area contributed by atoms with Gasteiger partial charge in [-0.2, -0.15) is 0 Å². The van der Waals surface area contributed by atoms with E-state index in [2.05, 4.69) is 50.2 Å². The van der Waals surface area contributed by atoms with E-state index in [0.717, 1.165) is 38.8 Å². The van der Waals surface area contributed by atoms with Gasteiger partial charge >= 0.3 is 0 Å². The van der Waals surface area contributed by atoms with Crippen LogP contribution in [0, 0.1) is 5.92 Å². The molecule has 2 N–H and O–H groups in total. The van der Waals surface area contributed by atoms with Gasteiger partial charge in [-0.05, 0) is 32.9 Å². The first-order valence-electron chi connectivity index (χ1n) is 6.22. The van der Waals surface area contributed by atoms with Crippen LogP contribution in [0.1, 0.15) is 34.6 Å². The molecule has 0 aliphatic carbocycles. The summed E-state index contributed by atoms with van der Waals surface area (Å²) in [7, 11) is 0. The van der Waals surface area contributed by atoms with E-state index in [1.54, 1.807) is 0 Å². The van der Waals surface area contributed by atoms with E-state index in [4.69, 9.17) is 0 Å². The summed E-state index contributed by atoms with van der Waals surface area (Å²) >= 11 is 0. The predicted molar refractivity (Wildman–Crippen MR) is 68.1 cm³/mol. The van der Waals surface area contributed by atoms with Crippen LogP contribution in [-0.4, -0.2) is 43.8 Å². The summed E-state index contributed by atoms with van der Waals surface area (Å²) in [5.74, 6) is 0.744. The molecule has 0 aromatic carbocycles. The van der Waals surface area contributed by atoms with Crippen molar-refractivity contribution in [1.29, 1.82) is 0 Å². The van der Waals surface area contributed by atoms with Crippen LogP contribution in [0.3, 0.4) is 0 Å². The maximum atomic E-state index is 3.47. The van der Waals surface area contributed by atoms with Crippen LogP contribution in [-0.2, 0) is 0 Å². The van der Waals surface area contributed by atoms with E-state index in [1.165, 1.54) is 0 Å². The van der Waals surface area contributed by atoms with Gasteiger partial charge in [-0.3, -0.25) is 4.90 Å². The smallest absolute Gasteiger partial charge is 0.0482 e. The van der Waals surface area contributed by atoms with E-state index >= 15 is 0 Å². The number of hydrogen-bond donors (Lipinski definition) is 2. The second-order valence-corrected chi connectivity index (χ2v) is 4.83. The highest BCUT2D eigenvalue weighted by Crippen LogP contribution is 1.88. The Labute approximate surface area is 95.6 Å². The van der Waals surface area contributed by atoms with Gasteiger partial charge in [0.1, 0.15) is 0 Å². The van der Waals surface area contributed by atoms with Gasteiger partial charge in [0.25, 0.3) is 0 Å². The standard InChI is InChI=1S/C12H29N3/c1-6-15(10-14-12(4)5)8-7-13-9-11(2)3/h11-14H,6-10H2,1-5H3. The number of nitrogens with zero attached hydrogens (tertiary/aromatic N) is 1. The molecule has 15 heavy (non-hydrogen) atoms. The molecule has 0 aliphatic heterocycles. The quantitative estimate of drug-likeness (QED) is 0.451. The van der Waals surface area contributed by atoms with E-state index in [-0.39, 0.29) is 0 Å². The molecular weight excluding hydrogens is 186 g/mol. The largest absolute Gasteiger partial charge is 0.315 e. The van der Waals surface area contributed by atoms with Crippen molar-refractivity contribution < 1.29 is 0 Å². The predicted octanol–water partition coefficient (Wildman–Crippen LogP) is 1.51. The SMILES string of the molecule is CCN(CCNCC(C)C)CNC(C)C. The first-order valence-corrected chi connectivity index (χ1v) is 6.22. The lowest BCUT2D eigenvalue weighted by atomic mass is 10.2. The molecule has 0 radical (unpaired) electrons. The molecule has 0 heterocycles. The van der Waals surface area contributed by atoms with Gasteiger partial charge in [0, 0.05) is 25.8 Å². The fourth-order valence-electron chi connectivity index (χ4n) is 1.29. The summed E-state index contributed by atoms with van der Waals surface area (Å²) in [5, 5.41) is 6.91. The van der Waals surface area contributed by atoms with Crippen LogP contribution in [0.4, 0.5) is 0 Å². The number of rotatable bonds is 9. The zero-order chi connectivity index (χ0) is 11.7. The average molecular weight is 215 g/mol. The topological polar surface area (TPSA) is 27.3 Å². The molecule has 0 atom stereocenters. The number of likely N-dealkylation sites (N-methyl/N-ethyl adjacent to an activating group) is 1. The molecule has 92 valence electrons. The molecule has 0 aliphatic rings. The lowest BCUT2D eigenvalue weighted by molar-refractivity contribution is 0.255. The summed E-state index contributed by atoms with van der Waals surface area (Å²) in [5.41, 5.74) is 0. The van der Waals surface area contributed by atoms with Gasteiger partial charge in [0.05, 0.1) is 0 Å².